The SMILES string of the molecule is CCS(=O)(=O)CC(C)Nc1cnc(Br)c(C)c1. The molecule has 0 spiro atoms. The van der Waals surface area contributed by atoms with Gasteiger partial charge in [0.1, 0.15) is 4.60 Å². The van der Waals surface area contributed by atoms with E-state index in [0.29, 0.717) is 0 Å². The van der Waals surface area contributed by atoms with Gasteiger partial charge in [-0.2, -0.15) is 0 Å². The number of nitrogens with one attached hydrogen (secondary N) is 1. The monoisotopic (exact) mass is 320 g/mol. The number of pyridine rings is 1. The van der Waals surface area contributed by atoms with Crippen LogP contribution in [0.15, 0.2) is 16.9 Å². The Bertz CT molecular complexity index is 488. The summed E-state index contributed by atoms with van der Waals surface area (Å²) in [5.41, 5.74) is 1.85. The maximum atomic E-state index is 11.5. The van der Waals surface area contributed by atoms with Gasteiger partial charge in [0.25, 0.3) is 0 Å². The fourth-order valence-corrected chi connectivity index (χ4v) is 2.76. The van der Waals surface area contributed by atoms with Crippen LogP contribution in [-0.2, 0) is 9.84 Å². The summed E-state index contributed by atoms with van der Waals surface area (Å²) in [6.45, 7) is 5.45. The van der Waals surface area contributed by atoms with E-state index in [1.165, 1.54) is 0 Å². The van der Waals surface area contributed by atoms with Crippen LogP contribution in [-0.4, -0.2) is 30.9 Å². The summed E-state index contributed by atoms with van der Waals surface area (Å²) in [5, 5.41) is 3.14. The van der Waals surface area contributed by atoms with Crippen LogP contribution in [0.5, 0.6) is 0 Å². The van der Waals surface area contributed by atoms with Gasteiger partial charge in [-0.3, -0.25) is 0 Å². The van der Waals surface area contributed by atoms with Gasteiger partial charge in [0, 0.05) is 11.8 Å². The summed E-state index contributed by atoms with van der Waals surface area (Å²) < 4.78 is 23.7. The minimum atomic E-state index is -2.95. The fraction of sp³-hybridized carbons (Fsp3) is 0.545. The van der Waals surface area contributed by atoms with Crippen LogP contribution in [0.4, 0.5) is 5.69 Å². The van der Waals surface area contributed by atoms with Crippen LogP contribution in [0.3, 0.4) is 0 Å². The number of halogens is 1. The Balaban J connectivity index is 2.68. The second-order valence-electron chi connectivity index (χ2n) is 4.08. The Morgan fingerprint density at radius 1 is 1.53 bits per heavy atom. The molecule has 1 heterocycles. The molecule has 0 saturated heterocycles. The van der Waals surface area contributed by atoms with Crippen molar-refractivity contribution in [1.29, 1.82) is 0 Å². The molecular formula is C11H17BrN2O2S. The van der Waals surface area contributed by atoms with Crippen LogP contribution in [0.2, 0.25) is 0 Å². The first kappa shape index (κ1) is 14.4. The molecule has 0 aromatic carbocycles. The van der Waals surface area contributed by atoms with Crippen LogP contribution < -0.4 is 5.32 Å². The van der Waals surface area contributed by atoms with Crippen LogP contribution in [0, 0.1) is 6.92 Å². The molecular weight excluding hydrogens is 304 g/mol. The predicted molar refractivity (Wildman–Crippen MR) is 74.1 cm³/mol. The Morgan fingerprint density at radius 2 is 2.18 bits per heavy atom. The van der Waals surface area contributed by atoms with Crippen molar-refractivity contribution in [3.63, 3.8) is 0 Å². The molecule has 1 rings (SSSR count). The summed E-state index contributed by atoms with van der Waals surface area (Å²) in [7, 11) is -2.95. The Kier molecular flexibility index (Phi) is 4.94. The molecule has 17 heavy (non-hydrogen) atoms. The lowest BCUT2D eigenvalue weighted by Crippen LogP contribution is -2.26. The second kappa shape index (κ2) is 5.82. The molecule has 1 aromatic rings. The molecule has 0 bridgehead atoms. The number of hydrogen-bond acceptors (Lipinski definition) is 4. The van der Waals surface area contributed by atoms with Crippen molar-refractivity contribution in [2.75, 3.05) is 16.8 Å². The van der Waals surface area contributed by atoms with Crippen molar-refractivity contribution < 1.29 is 8.42 Å². The molecule has 1 aromatic heterocycles. The van der Waals surface area contributed by atoms with E-state index in [9.17, 15) is 8.42 Å². The van der Waals surface area contributed by atoms with Gasteiger partial charge in [-0.25, -0.2) is 13.4 Å². The molecule has 1 unspecified atom stereocenters. The summed E-state index contributed by atoms with van der Waals surface area (Å²) in [4.78, 5) is 4.15. The molecule has 0 aliphatic rings. The smallest absolute Gasteiger partial charge is 0.152 e. The number of aromatic nitrogens is 1. The van der Waals surface area contributed by atoms with Gasteiger partial charge in [-0.1, -0.05) is 6.92 Å². The lowest BCUT2D eigenvalue weighted by atomic mass is 10.3. The molecule has 6 heteroatoms. The van der Waals surface area contributed by atoms with Gasteiger partial charge >= 0.3 is 0 Å². The van der Waals surface area contributed by atoms with Crippen molar-refractivity contribution in [2.24, 2.45) is 0 Å². The van der Waals surface area contributed by atoms with E-state index in [2.05, 4.69) is 26.2 Å². The van der Waals surface area contributed by atoms with E-state index >= 15 is 0 Å². The molecule has 1 atom stereocenters. The molecule has 0 fully saturated rings. The summed E-state index contributed by atoms with van der Waals surface area (Å²) >= 11 is 3.32. The average Bonchev–Trinajstić information content (AvgIpc) is 2.23. The third-order valence-electron chi connectivity index (χ3n) is 2.37. The number of hydrogen-bond donors (Lipinski definition) is 1. The van der Waals surface area contributed by atoms with Crippen molar-refractivity contribution in [2.45, 2.75) is 26.8 Å². The van der Waals surface area contributed by atoms with Crippen molar-refractivity contribution in [3.05, 3.63) is 22.4 Å². The van der Waals surface area contributed by atoms with E-state index in [1.54, 1.807) is 13.1 Å². The Hall–Kier alpha value is -0.620. The molecule has 0 saturated carbocycles. The number of aryl methyl sites for hydroxylation is 1. The van der Waals surface area contributed by atoms with Gasteiger partial charge in [0.15, 0.2) is 9.84 Å². The lowest BCUT2D eigenvalue weighted by Gasteiger charge is -2.15. The number of rotatable bonds is 5. The van der Waals surface area contributed by atoms with Crippen molar-refractivity contribution in [3.8, 4) is 0 Å². The standard InChI is InChI=1S/C11H17BrN2O2S/c1-4-17(15,16)7-9(3)14-10-5-8(2)11(12)13-6-10/h5-6,9,14H,4,7H2,1-3H3. The number of anilines is 1. The first-order valence-corrected chi connectivity index (χ1v) is 8.04. The number of nitrogens with zero attached hydrogens (tertiary/aromatic N) is 1. The molecule has 0 radical (unpaired) electrons. The topological polar surface area (TPSA) is 59.1 Å². The van der Waals surface area contributed by atoms with Crippen LogP contribution >= 0.6 is 15.9 Å². The fourth-order valence-electron chi connectivity index (χ4n) is 1.46. The van der Waals surface area contributed by atoms with E-state index in [0.717, 1.165) is 15.9 Å². The molecule has 1 N–H and O–H groups in total. The second-order valence-corrected chi connectivity index (χ2v) is 7.22. The minimum Gasteiger partial charge on any atom is -0.380 e. The van der Waals surface area contributed by atoms with E-state index < -0.39 is 9.84 Å². The number of sulfone groups is 1. The van der Waals surface area contributed by atoms with Gasteiger partial charge in [0.05, 0.1) is 17.6 Å². The van der Waals surface area contributed by atoms with Crippen molar-refractivity contribution >= 4 is 31.5 Å². The van der Waals surface area contributed by atoms with Gasteiger partial charge in [-0.05, 0) is 41.4 Å². The van der Waals surface area contributed by atoms with Gasteiger partial charge in [-0.15, -0.1) is 0 Å². The molecule has 96 valence electrons. The van der Waals surface area contributed by atoms with Crippen LogP contribution in [0.25, 0.3) is 0 Å². The third kappa shape index (κ3) is 4.63. The summed E-state index contributed by atoms with van der Waals surface area (Å²) in [6.07, 6.45) is 1.69. The Morgan fingerprint density at radius 3 is 2.71 bits per heavy atom. The highest BCUT2D eigenvalue weighted by atomic mass is 79.9. The quantitative estimate of drug-likeness (QED) is 0.846. The third-order valence-corrected chi connectivity index (χ3v) is 5.09. The van der Waals surface area contributed by atoms with Crippen LogP contribution in [0.1, 0.15) is 19.4 Å². The molecule has 0 aliphatic heterocycles. The molecule has 4 nitrogen and oxygen atoms in total. The largest absolute Gasteiger partial charge is 0.380 e. The molecule has 0 aliphatic carbocycles. The predicted octanol–water partition coefficient (Wildman–Crippen LogP) is 2.39. The zero-order valence-electron chi connectivity index (χ0n) is 10.2. The highest BCUT2D eigenvalue weighted by Gasteiger charge is 2.13. The summed E-state index contributed by atoms with van der Waals surface area (Å²) in [5.74, 6) is 0.315. The minimum absolute atomic E-state index is 0.123. The van der Waals surface area contributed by atoms with E-state index in [-0.39, 0.29) is 17.5 Å². The van der Waals surface area contributed by atoms with Gasteiger partial charge in [0.2, 0.25) is 0 Å². The lowest BCUT2D eigenvalue weighted by molar-refractivity contribution is 0.593. The van der Waals surface area contributed by atoms with Crippen molar-refractivity contribution in [1.82, 2.24) is 4.98 Å². The maximum Gasteiger partial charge on any atom is 0.152 e. The first-order chi connectivity index (χ1) is 7.84. The van der Waals surface area contributed by atoms with E-state index in [4.69, 9.17) is 0 Å². The normalized spacial score (nSPS) is 13.4. The average molecular weight is 321 g/mol. The zero-order valence-corrected chi connectivity index (χ0v) is 12.6. The Labute approximate surface area is 111 Å². The summed E-state index contributed by atoms with van der Waals surface area (Å²) in [6, 6.07) is 1.81. The van der Waals surface area contributed by atoms with Gasteiger partial charge < -0.3 is 5.32 Å². The zero-order chi connectivity index (χ0) is 13.1. The maximum absolute atomic E-state index is 11.5. The highest BCUT2D eigenvalue weighted by Crippen LogP contribution is 2.17. The highest BCUT2D eigenvalue weighted by molar-refractivity contribution is 9.10. The molecule has 0 amide bonds. The first-order valence-electron chi connectivity index (χ1n) is 5.43. The van der Waals surface area contributed by atoms with E-state index in [1.807, 2.05) is 19.9 Å².